The highest BCUT2D eigenvalue weighted by Crippen LogP contribution is 2.15. The Balaban J connectivity index is 2.01. The number of rotatable bonds is 4. The van der Waals surface area contributed by atoms with Crippen LogP contribution in [0.3, 0.4) is 0 Å². The molecular weight excluding hydrogens is 288 g/mol. The second kappa shape index (κ2) is 6.59. The maximum atomic E-state index is 12.0. The summed E-state index contributed by atoms with van der Waals surface area (Å²) in [4.78, 5) is 23.7. The third-order valence-electron chi connectivity index (χ3n) is 3.21. The normalized spacial score (nSPS) is 12.0. The maximum absolute atomic E-state index is 12.0. The van der Waals surface area contributed by atoms with E-state index in [4.69, 9.17) is 11.6 Å². The lowest BCUT2D eigenvalue weighted by molar-refractivity contribution is -0.122. The van der Waals surface area contributed by atoms with Crippen LogP contribution in [0.4, 0.5) is 0 Å². The topological polar surface area (TPSA) is 51.1 Å². The van der Waals surface area contributed by atoms with Crippen LogP contribution in [-0.4, -0.2) is 10.5 Å². The van der Waals surface area contributed by atoms with E-state index in [1.807, 2.05) is 26.0 Å². The Labute approximate surface area is 128 Å². The van der Waals surface area contributed by atoms with Crippen molar-refractivity contribution >= 4 is 17.5 Å². The number of hydrogen-bond donors (Lipinski definition) is 1. The van der Waals surface area contributed by atoms with Gasteiger partial charge in [-0.3, -0.25) is 9.59 Å². The van der Waals surface area contributed by atoms with E-state index in [2.05, 4.69) is 5.32 Å². The first kappa shape index (κ1) is 15.3. The Morgan fingerprint density at radius 1 is 1.29 bits per heavy atom. The summed E-state index contributed by atoms with van der Waals surface area (Å²) < 4.78 is 1.39. The molecule has 1 amide bonds. The second-order valence-corrected chi connectivity index (χ2v) is 5.45. The van der Waals surface area contributed by atoms with E-state index >= 15 is 0 Å². The molecule has 0 aliphatic rings. The molecule has 2 rings (SSSR count). The lowest BCUT2D eigenvalue weighted by Gasteiger charge is -2.15. The summed E-state index contributed by atoms with van der Waals surface area (Å²) in [5, 5.41) is 3.52. The van der Waals surface area contributed by atoms with E-state index in [1.54, 1.807) is 24.4 Å². The van der Waals surface area contributed by atoms with E-state index in [-0.39, 0.29) is 24.1 Å². The molecule has 1 aromatic heterocycles. The van der Waals surface area contributed by atoms with Crippen LogP contribution in [0.25, 0.3) is 0 Å². The van der Waals surface area contributed by atoms with Gasteiger partial charge in [-0.25, -0.2) is 0 Å². The predicted molar refractivity (Wildman–Crippen MR) is 83.4 cm³/mol. The van der Waals surface area contributed by atoms with Crippen molar-refractivity contribution in [2.75, 3.05) is 0 Å². The van der Waals surface area contributed by atoms with Crippen LogP contribution in [0.1, 0.15) is 24.1 Å². The van der Waals surface area contributed by atoms with Gasteiger partial charge in [-0.05, 0) is 43.2 Å². The number of nitrogens with one attached hydrogen (secondary N) is 1. The van der Waals surface area contributed by atoms with Crippen molar-refractivity contribution in [1.82, 2.24) is 9.88 Å². The molecule has 0 aliphatic heterocycles. The predicted octanol–water partition coefficient (Wildman–Crippen LogP) is 2.69. The van der Waals surface area contributed by atoms with Crippen LogP contribution >= 0.6 is 11.6 Å². The number of nitrogens with zero attached hydrogens (tertiary/aromatic N) is 1. The minimum Gasteiger partial charge on any atom is -0.348 e. The number of amides is 1. The average molecular weight is 305 g/mol. The summed E-state index contributed by atoms with van der Waals surface area (Å²) in [7, 11) is 0. The quantitative estimate of drug-likeness (QED) is 0.944. The molecule has 2 aromatic rings. The van der Waals surface area contributed by atoms with Crippen LogP contribution in [0, 0.1) is 6.92 Å². The summed E-state index contributed by atoms with van der Waals surface area (Å²) in [5.41, 5.74) is 1.67. The monoisotopic (exact) mass is 304 g/mol. The summed E-state index contributed by atoms with van der Waals surface area (Å²) >= 11 is 5.83. The molecular formula is C16H17ClN2O2. The van der Waals surface area contributed by atoms with Crippen molar-refractivity contribution in [1.29, 1.82) is 0 Å². The van der Waals surface area contributed by atoms with Crippen LogP contribution in [0.5, 0.6) is 0 Å². The van der Waals surface area contributed by atoms with E-state index in [0.29, 0.717) is 5.02 Å². The molecule has 4 nitrogen and oxygen atoms in total. The number of carbonyl (C=O) groups excluding carboxylic acids is 1. The highest BCUT2D eigenvalue weighted by Gasteiger charge is 2.10. The van der Waals surface area contributed by atoms with Gasteiger partial charge >= 0.3 is 0 Å². The largest absolute Gasteiger partial charge is 0.348 e. The van der Waals surface area contributed by atoms with E-state index < -0.39 is 0 Å². The molecule has 0 saturated heterocycles. The Hall–Kier alpha value is -2.07. The average Bonchev–Trinajstić information content (AvgIpc) is 2.42. The van der Waals surface area contributed by atoms with Crippen molar-refractivity contribution in [2.24, 2.45) is 0 Å². The molecule has 1 unspecified atom stereocenters. The molecule has 5 heteroatoms. The number of hydrogen-bond acceptors (Lipinski definition) is 2. The fourth-order valence-corrected chi connectivity index (χ4v) is 2.14. The molecule has 0 bridgehead atoms. The molecule has 1 heterocycles. The van der Waals surface area contributed by atoms with Gasteiger partial charge < -0.3 is 9.88 Å². The number of aromatic nitrogens is 1. The summed E-state index contributed by atoms with van der Waals surface area (Å²) in [6, 6.07) is 10.5. The van der Waals surface area contributed by atoms with Crippen molar-refractivity contribution in [3.05, 3.63) is 69.1 Å². The first-order valence-corrected chi connectivity index (χ1v) is 7.05. The molecule has 0 radical (unpaired) electrons. The number of carbonyl (C=O) groups is 1. The third-order valence-corrected chi connectivity index (χ3v) is 3.47. The van der Waals surface area contributed by atoms with Crippen LogP contribution in [-0.2, 0) is 11.3 Å². The Bertz CT molecular complexity index is 692. The minimum absolute atomic E-state index is 0.0110. The Kier molecular flexibility index (Phi) is 4.81. The van der Waals surface area contributed by atoms with Crippen molar-refractivity contribution < 1.29 is 4.79 Å². The molecule has 21 heavy (non-hydrogen) atoms. The van der Waals surface area contributed by atoms with Gasteiger partial charge in [-0.15, -0.1) is 0 Å². The fraction of sp³-hybridized carbons (Fsp3) is 0.250. The highest BCUT2D eigenvalue weighted by atomic mass is 35.5. The molecule has 1 aromatic carbocycles. The summed E-state index contributed by atoms with van der Waals surface area (Å²) in [6.45, 7) is 3.74. The SMILES string of the molecule is Cc1ccn(CC(=O)NC(C)c2ccc(Cl)cc2)c(=O)c1. The lowest BCUT2D eigenvalue weighted by atomic mass is 10.1. The number of halogens is 1. The van der Waals surface area contributed by atoms with Crippen LogP contribution in [0.2, 0.25) is 5.02 Å². The summed E-state index contributed by atoms with van der Waals surface area (Å²) in [5.74, 6) is -0.205. The van der Waals surface area contributed by atoms with Crippen molar-refractivity contribution in [2.45, 2.75) is 26.4 Å². The molecule has 0 fully saturated rings. The fourth-order valence-electron chi connectivity index (χ4n) is 2.01. The van der Waals surface area contributed by atoms with E-state index in [9.17, 15) is 9.59 Å². The van der Waals surface area contributed by atoms with E-state index in [1.165, 1.54) is 10.6 Å². The van der Waals surface area contributed by atoms with Gasteiger partial charge in [0, 0.05) is 17.3 Å². The maximum Gasteiger partial charge on any atom is 0.251 e. The van der Waals surface area contributed by atoms with Gasteiger partial charge in [0.2, 0.25) is 5.91 Å². The van der Waals surface area contributed by atoms with Gasteiger partial charge in [0.25, 0.3) is 5.56 Å². The van der Waals surface area contributed by atoms with E-state index in [0.717, 1.165) is 11.1 Å². The molecule has 0 saturated carbocycles. The third kappa shape index (κ3) is 4.20. The standard InChI is InChI=1S/C16H17ClN2O2/c1-11-7-8-19(16(21)9-11)10-15(20)18-12(2)13-3-5-14(17)6-4-13/h3-9,12H,10H2,1-2H3,(H,18,20). The zero-order valence-electron chi connectivity index (χ0n) is 12.0. The molecule has 1 atom stereocenters. The van der Waals surface area contributed by atoms with Gasteiger partial charge in [0.05, 0.1) is 6.04 Å². The number of benzene rings is 1. The molecule has 0 spiro atoms. The zero-order chi connectivity index (χ0) is 15.4. The number of pyridine rings is 1. The Morgan fingerprint density at radius 2 is 1.95 bits per heavy atom. The highest BCUT2D eigenvalue weighted by molar-refractivity contribution is 6.30. The van der Waals surface area contributed by atoms with Crippen molar-refractivity contribution in [3.63, 3.8) is 0 Å². The first-order valence-electron chi connectivity index (χ1n) is 6.67. The molecule has 110 valence electrons. The molecule has 0 aliphatic carbocycles. The minimum atomic E-state index is -0.205. The molecule has 1 N–H and O–H groups in total. The zero-order valence-corrected chi connectivity index (χ0v) is 12.7. The lowest BCUT2D eigenvalue weighted by Crippen LogP contribution is -2.33. The smallest absolute Gasteiger partial charge is 0.251 e. The van der Waals surface area contributed by atoms with Gasteiger partial charge in [-0.1, -0.05) is 23.7 Å². The number of aryl methyl sites for hydroxylation is 1. The first-order chi connectivity index (χ1) is 9.95. The van der Waals surface area contributed by atoms with Crippen LogP contribution in [0.15, 0.2) is 47.4 Å². The van der Waals surface area contributed by atoms with Crippen LogP contribution < -0.4 is 10.9 Å². The van der Waals surface area contributed by atoms with Gasteiger partial charge in [0.15, 0.2) is 0 Å². The Morgan fingerprint density at radius 3 is 2.57 bits per heavy atom. The van der Waals surface area contributed by atoms with Gasteiger partial charge in [-0.2, -0.15) is 0 Å². The van der Waals surface area contributed by atoms with Crippen molar-refractivity contribution in [3.8, 4) is 0 Å². The second-order valence-electron chi connectivity index (χ2n) is 5.01. The summed E-state index contributed by atoms with van der Waals surface area (Å²) in [6.07, 6.45) is 1.63. The van der Waals surface area contributed by atoms with Gasteiger partial charge in [0.1, 0.15) is 6.54 Å².